The van der Waals surface area contributed by atoms with Crippen LogP contribution >= 0.6 is 11.3 Å². The number of carbonyl (C=O) groups excluding carboxylic acids is 1. The summed E-state index contributed by atoms with van der Waals surface area (Å²) in [4.78, 5) is 16.5. The predicted octanol–water partition coefficient (Wildman–Crippen LogP) is 3.50. The first-order valence-electron chi connectivity index (χ1n) is 6.46. The number of Topliss-reactive ketones (excluding diaryl/α,β-unsaturated/α-hetero) is 1. The largest absolute Gasteiger partial charge is 0.296 e. The van der Waals surface area contributed by atoms with Crippen molar-refractivity contribution in [3.63, 3.8) is 0 Å². The van der Waals surface area contributed by atoms with Gasteiger partial charge in [-0.1, -0.05) is 19.3 Å². The van der Waals surface area contributed by atoms with E-state index in [0.29, 0.717) is 12.6 Å². The quantitative estimate of drug-likeness (QED) is 0.763. The molecule has 1 aliphatic carbocycles. The Balaban J connectivity index is 1.89. The summed E-state index contributed by atoms with van der Waals surface area (Å²) in [6, 6.07) is 4.60. The number of likely N-dealkylation sites (N-methyl/N-ethyl adjacent to an activating group) is 1. The second kappa shape index (κ2) is 5.78. The van der Waals surface area contributed by atoms with Gasteiger partial charge in [0.1, 0.15) is 0 Å². The molecule has 0 unspecified atom stereocenters. The Kier molecular flexibility index (Phi) is 4.35. The molecule has 17 heavy (non-hydrogen) atoms. The van der Waals surface area contributed by atoms with Crippen LogP contribution in [0.25, 0.3) is 0 Å². The van der Waals surface area contributed by atoms with Gasteiger partial charge in [0.15, 0.2) is 5.78 Å². The van der Waals surface area contributed by atoms with Crippen molar-refractivity contribution in [3.8, 4) is 0 Å². The highest BCUT2D eigenvalue weighted by atomic mass is 32.1. The molecule has 3 heteroatoms. The average molecular weight is 251 g/mol. The molecule has 2 rings (SSSR count). The van der Waals surface area contributed by atoms with Crippen molar-refractivity contribution in [1.82, 2.24) is 4.90 Å². The van der Waals surface area contributed by atoms with Crippen molar-refractivity contribution in [2.24, 2.45) is 0 Å². The standard InChI is InChI=1S/C14H21NOS/c1-11-8-9-14(17-11)13(16)10-15(2)12-6-4-3-5-7-12/h8-9,12H,3-7,10H2,1-2H3. The van der Waals surface area contributed by atoms with E-state index in [9.17, 15) is 4.79 Å². The smallest absolute Gasteiger partial charge is 0.186 e. The minimum atomic E-state index is 0.274. The van der Waals surface area contributed by atoms with Crippen molar-refractivity contribution >= 4 is 17.1 Å². The molecule has 1 aliphatic rings. The third-order valence-electron chi connectivity index (χ3n) is 3.61. The van der Waals surface area contributed by atoms with Crippen LogP contribution in [0.1, 0.15) is 46.7 Å². The van der Waals surface area contributed by atoms with Gasteiger partial charge < -0.3 is 0 Å². The predicted molar refractivity (Wildman–Crippen MR) is 72.9 cm³/mol. The fourth-order valence-electron chi connectivity index (χ4n) is 2.54. The lowest BCUT2D eigenvalue weighted by atomic mass is 9.94. The highest BCUT2D eigenvalue weighted by Crippen LogP contribution is 2.22. The molecule has 2 nitrogen and oxygen atoms in total. The monoisotopic (exact) mass is 251 g/mol. The molecule has 1 aromatic rings. The van der Waals surface area contributed by atoms with E-state index < -0.39 is 0 Å². The lowest BCUT2D eigenvalue weighted by molar-refractivity contribution is 0.0903. The first kappa shape index (κ1) is 12.8. The Labute approximate surface area is 108 Å². The van der Waals surface area contributed by atoms with Crippen LogP contribution in [0.2, 0.25) is 0 Å². The van der Waals surface area contributed by atoms with Crippen LogP contribution in [0.3, 0.4) is 0 Å². The zero-order valence-corrected chi connectivity index (χ0v) is 11.6. The Morgan fingerprint density at radius 1 is 1.35 bits per heavy atom. The second-order valence-electron chi connectivity index (χ2n) is 5.04. The second-order valence-corrected chi connectivity index (χ2v) is 6.33. The number of hydrogen-bond donors (Lipinski definition) is 0. The molecule has 94 valence electrons. The van der Waals surface area contributed by atoms with Crippen molar-refractivity contribution in [2.75, 3.05) is 13.6 Å². The van der Waals surface area contributed by atoms with Gasteiger partial charge in [-0.2, -0.15) is 0 Å². The summed E-state index contributed by atoms with van der Waals surface area (Å²) in [7, 11) is 2.09. The molecule has 1 saturated carbocycles. The topological polar surface area (TPSA) is 20.3 Å². The molecule has 1 aromatic heterocycles. The molecule has 0 saturated heterocycles. The third kappa shape index (κ3) is 3.39. The first-order chi connectivity index (χ1) is 8.16. The van der Waals surface area contributed by atoms with Crippen LogP contribution in [0.4, 0.5) is 0 Å². The maximum absolute atomic E-state index is 12.1. The molecule has 0 amide bonds. The highest BCUT2D eigenvalue weighted by molar-refractivity contribution is 7.14. The van der Waals surface area contributed by atoms with E-state index in [2.05, 4.69) is 11.9 Å². The zero-order chi connectivity index (χ0) is 12.3. The summed E-state index contributed by atoms with van der Waals surface area (Å²) >= 11 is 1.61. The summed E-state index contributed by atoms with van der Waals surface area (Å²) in [5.41, 5.74) is 0. The van der Waals surface area contributed by atoms with Gasteiger partial charge in [0.05, 0.1) is 11.4 Å². The molecule has 0 radical (unpaired) electrons. The highest BCUT2D eigenvalue weighted by Gasteiger charge is 2.20. The molecule has 0 spiro atoms. The summed E-state index contributed by atoms with van der Waals surface area (Å²) in [6.45, 7) is 2.62. The zero-order valence-electron chi connectivity index (χ0n) is 10.7. The first-order valence-corrected chi connectivity index (χ1v) is 7.28. The minimum Gasteiger partial charge on any atom is -0.296 e. The van der Waals surface area contributed by atoms with Crippen molar-refractivity contribution in [3.05, 3.63) is 21.9 Å². The summed E-state index contributed by atoms with van der Waals surface area (Å²) in [5.74, 6) is 0.274. The van der Waals surface area contributed by atoms with Crippen molar-refractivity contribution < 1.29 is 4.79 Å². The number of nitrogens with zero attached hydrogens (tertiary/aromatic N) is 1. The van der Waals surface area contributed by atoms with Gasteiger partial charge >= 0.3 is 0 Å². The number of thiophene rings is 1. The lowest BCUT2D eigenvalue weighted by Crippen LogP contribution is -2.37. The lowest BCUT2D eigenvalue weighted by Gasteiger charge is -2.30. The van der Waals surface area contributed by atoms with Crippen LogP contribution in [0, 0.1) is 6.92 Å². The number of rotatable bonds is 4. The van der Waals surface area contributed by atoms with Crippen molar-refractivity contribution in [1.29, 1.82) is 0 Å². The minimum absolute atomic E-state index is 0.274. The molecular weight excluding hydrogens is 230 g/mol. The van der Waals surface area contributed by atoms with Gasteiger partial charge in [-0.05, 0) is 38.9 Å². The number of ketones is 1. The molecule has 1 fully saturated rings. The summed E-state index contributed by atoms with van der Waals surface area (Å²) in [5, 5.41) is 0. The van der Waals surface area contributed by atoms with Crippen LogP contribution in [0.15, 0.2) is 12.1 Å². The fourth-order valence-corrected chi connectivity index (χ4v) is 3.34. The summed E-state index contributed by atoms with van der Waals surface area (Å²) in [6.07, 6.45) is 6.52. The molecule has 0 bridgehead atoms. The average Bonchev–Trinajstić information content (AvgIpc) is 2.77. The molecular formula is C14H21NOS. The van der Waals surface area contributed by atoms with Crippen LogP contribution < -0.4 is 0 Å². The van der Waals surface area contributed by atoms with E-state index in [1.165, 1.54) is 37.0 Å². The maximum Gasteiger partial charge on any atom is 0.186 e. The van der Waals surface area contributed by atoms with E-state index in [1.807, 2.05) is 19.1 Å². The molecule has 0 N–H and O–H groups in total. The van der Waals surface area contributed by atoms with E-state index in [0.717, 1.165) is 4.88 Å². The van der Waals surface area contributed by atoms with Gasteiger partial charge in [0, 0.05) is 10.9 Å². The summed E-state index contributed by atoms with van der Waals surface area (Å²) < 4.78 is 0. The van der Waals surface area contributed by atoms with Gasteiger partial charge in [-0.15, -0.1) is 11.3 Å². The van der Waals surface area contributed by atoms with Crippen LogP contribution in [-0.4, -0.2) is 30.3 Å². The van der Waals surface area contributed by atoms with E-state index in [4.69, 9.17) is 0 Å². The van der Waals surface area contributed by atoms with E-state index >= 15 is 0 Å². The van der Waals surface area contributed by atoms with Gasteiger partial charge in [-0.3, -0.25) is 9.69 Å². The maximum atomic E-state index is 12.1. The normalized spacial score (nSPS) is 17.6. The van der Waals surface area contributed by atoms with Crippen LogP contribution in [-0.2, 0) is 0 Å². The molecule has 0 aliphatic heterocycles. The van der Waals surface area contributed by atoms with Gasteiger partial charge in [0.2, 0.25) is 0 Å². The van der Waals surface area contributed by atoms with Crippen molar-refractivity contribution in [2.45, 2.75) is 45.1 Å². The SMILES string of the molecule is Cc1ccc(C(=O)CN(C)C2CCCCC2)s1. The fraction of sp³-hybridized carbons (Fsp3) is 0.643. The van der Waals surface area contributed by atoms with Crippen LogP contribution in [0.5, 0.6) is 0 Å². The molecule has 0 aromatic carbocycles. The van der Waals surface area contributed by atoms with E-state index in [-0.39, 0.29) is 5.78 Å². The third-order valence-corrected chi connectivity index (χ3v) is 4.65. The Morgan fingerprint density at radius 2 is 2.06 bits per heavy atom. The number of aryl methyl sites for hydroxylation is 1. The number of hydrogen-bond acceptors (Lipinski definition) is 3. The Bertz CT molecular complexity index is 379. The van der Waals surface area contributed by atoms with Gasteiger partial charge in [0.25, 0.3) is 0 Å². The Hall–Kier alpha value is -0.670. The van der Waals surface area contributed by atoms with Gasteiger partial charge in [-0.25, -0.2) is 0 Å². The Morgan fingerprint density at radius 3 is 2.65 bits per heavy atom. The number of carbonyl (C=O) groups is 1. The molecule has 0 atom stereocenters. The molecule has 1 heterocycles. The van der Waals surface area contributed by atoms with E-state index in [1.54, 1.807) is 11.3 Å².